The zero-order valence-electron chi connectivity index (χ0n) is 10.3. The van der Waals surface area contributed by atoms with Gasteiger partial charge in [-0.3, -0.25) is 0 Å². The summed E-state index contributed by atoms with van der Waals surface area (Å²) in [5.41, 5.74) is 0.0269. The van der Waals surface area contributed by atoms with E-state index in [-0.39, 0.29) is 0 Å². The third-order valence-electron chi connectivity index (χ3n) is 2.82. The molecule has 1 N–H and O–H groups in total. The van der Waals surface area contributed by atoms with Gasteiger partial charge >= 0.3 is 6.18 Å². The molecule has 1 atom stereocenters. The third kappa shape index (κ3) is 4.33. The van der Waals surface area contributed by atoms with E-state index < -0.39 is 17.8 Å². The lowest BCUT2D eigenvalue weighted by Crippen LogP contribution is -2.13. The molecule has 2 rings (SSSR count). The van der Waals surface area contributed by atoms with Gasteiger partial charge in [0.05, 0.1) is 15.5 Å². The number of rotatable bonds is 4. The Balaban J connectivity index is 1.96. The van der Waals surface area contributed by atoms with Crippen LogP contribution in [0.4, 0.5) is 13.2 Å². The first-order valence-electron chi connectivity index (χ1n) is 5.93. The molecule has 6 heteroatoms. The lowest BCUT2D eigenvalue weighted by molar-refractivity contribution is -0.137. The van der Waals surface area contributed by atoms with E-state index in [0.29, 0.717) is 18.4 Å². The predicted molar refractivity (Wildman–Crippen MR) is 76.9 cm³/mol. The van der Waals surface area contributed by atoms with E-state index in [4.69, 9.17) is 0 Å². The Hall–Kier alpha value is -0.850. The molecule has 0 bridgehead atoms. The number of aliphatic hydroxyl groups is 1. The minimum absolute atomic E-state index is 0.341. The van der Waals surface area contributed by atoms with E-state index in [1.165, 1.54) is 12.1 Å². The third-order valence-corrected chi connectivity index (χ3v) is 4.46. The summed E-state index contributed by atoms with van der Waals surface area (Å²) < 4.78 is 38.3. The monoisotopic (exact) mass is 364 g/mol. The lowest BCUT2D eigenvalue weighted by Gasteiger charge is -2.11. The smallest absolute Gasteiger partial charge is 0.392 e. The van der Waals surface area contributed by atoms with Crippen molar-refractivity contribution in [3.05, 3.63) is 56.2 Å². The van der Waals surface area contributed by atoms with Crippen molar-refractivity contribution in [3.63, 3.8) is 0 Å². The maximum atomic E-state index is 12.4. The first-order chi connectivity index (χ1) is 9.34. The fourth-order valence-corrected chi connectivity index (χ4v) is 3.42. The lowest BCUT2D eigenvalue weighted by atomic mass is 10.0. The molecule has 0 spiro atoms. The van der Waals surface area contributed by atoms with Gasteiger partial charge in [0.25, 0.3) is 0 Å². The molecular formula is C14H12BrF3OS. The van der Waals surface area contributed by atoms with E-state index in [1.807, 2.05) is 12.1 Å². The SMILES string of the molecule is OC(Cc1ccc(C(F)(F)F)cc1)Cc1ccc(Br)s1. The Morgan fingerprint density at radius 3 is 2.20 bits per heavy atom. The van der Waals surface area contributed by atoms with Crippen LogP contribution in [0.25, 0.3) is 0 Å². The molecule has 1 heterocycles. The summed E-state index contributed by atoms with van der Waals surface area (Å²) in [6.45, 7) is 0. The highest BCUT2D eigenvalue weighted by molar-refractivity contribution is 9.11. The van der Waals surface area contributed by atoms with Crippen molar-refractivity contribution in [3.8, 4) is 0 Å². The number of thiophene rings is 1. The van der Waals surface area contributed by atoms with Crippen molar-refractivity contribution in [2.45, 2.75) is 25.1 Å². The van der Waals surface area contributed by atoms with Crippen LogP contribution in [0.2, 0.25) is 0 Å². The van der Waals surface area contributed by atoms with Gasteiger partial charge in [-0.1, -0.05) is 12.1 Å². The summed E-state index contributed by atoms with van der Waals surface area (Å²) in [6.07, 6.45) is -4.08. The number of aliphatic hydroxyl groups excluding tert-OH is 1. The molecule has 0 aliphatic rings. The Morgan fingerprint density at radius 2 is 1.70 bits per heavy atom. The summed E-state index contributed by atoms with van der Waals surface area (Å²) in [5, 5.41) is 9.96. The predicted octanol–water partition coefficient (Wildman–Crippen LogP) is 4.68. The second-order valence-corrected chi connectivity index (χ2v) is 7.01. The van der Waals surface area contributed by atoms with Crippen LogP contribution in [-0.4, -0.2) is 11.2 Å². The van der Waals surface area contributed by atoms with Gasteiger partial charge in [0.2, 0.25) is 0 Å². The molecule has 0 saturated carbocycles. The summed E-state index contributed by atoms with van der Waals surface area (Å²) >= 11 is 4.89. The second-order valence-electron chi connectivity index (χ2n) is 4.46. The van der Waals surface area contributed by atoms with Crippen LogP contribution in [0, 0.1) is 0 Å². The zero-order valence-corrected chi connectivity index (χ0v) is 12.7. The highest BCUT2D eigenvalue weighted by Gasteiger charge is 2.29. The van der Waals surface area contributed by atoms with Gasteiger partial charge in [-0.2, -0.15) is 13.2 Å². The minimum Gasteiger partial charge on any atom is -0.392 e. The fourth-order valence-electron chi connectivity index (χ4n) is 1.87. The molecule has 0 aliphatic carbocycles. The number of halogens is 4. The normalized spacial score (nSPS) is 13.4. The molecular weight excluding hydrogens is 353 g/mol. The highest BCUT2D eigenvalue weighted by atomic mass is 79.9. The average Bonchev–Trinajstić information content (AvgIpc) is 2.74. The van der Waals surface area contributed by atoms with Crippen LogP contribution in [0.3, 0.4) is 0 Å². The van der Waals surface area contributed by atoms with E-state index in [2.05, 4.69) is 15.9 Å². The van der Waals surface area contributed by atoms with Crippen LogP contribution in [0.15, 0.2) is 40.2 Å². The molecule has 1 nitrogen and oxygen atoms in total. The molecule has 0 amide bonds. The Morgan fingerprint density at radius 1 is 1.05 bits per heavy atom. The van der Waals surface area contributed by atoms with Crippen LogP contribution in [0.1, 0.15) is 16.0 Å². The molecule has 0 saturated heterocycles. The Bertz CT molecular complexity index is 563. The van der Waals surface area contributed by atoms with Crippen LogP contribution in [0.5, 0.6) is 0 Å². The number of hydrogen-bond acceptors (Lipinski definition) is 2. The Kier molecular flexibility index (Phi) is 4.88. The maximum absolute atomic E-state index is 12.4. The van der Waals surface area contributed by atoms with Gasteiger partial charge in [0, 0.05) is 11.3 Å². The quantitative estimate of drug-likeness (QED) is 0.835. The standard InChI is InChI=1S/C14H12BrF3OS/c15-13-6-5-12(20-13)8-11(19)7-9-1-3-10(4-2-9)14(16,17)18/h1-6,11,19H,7-8H2. The summed E-state index contributed by atoms with van der Waals surface area (Å²) in [5.74, 6) is 0. The van der Waals surface area contributed by atoms with Gasteiger partial charge in [0.15, 0.2) is 0 Å². The zero-order chi connectivity index (χ0) is 14.8. The first kappa shape index (κ1) is 15.5. The molecule has 1 unspecified atom stereocenters. The van der Waals surface area contributed by atoms with Gasteiger partial charge < -0.3 is 5.11 Å². The second kappa shape index (κ2) is 6.28. The van der Waals surface area contributed by atoms with Crippen LogP contribution < -0.4 is 0 Å². The van der Waals surface area contributed by atoms with E-state index in [0.717, 1.165) is 20.8 Å². The van der Waals surface area contributed by atoms with Gasteiger partial charge in [-0.15, -0.1) is 11.3 Å². The fraction of sp³-hybridized carbons (Fsp3) is 0.286. The summed E-state index contributed by atoms with van der Waals surface area (Å²) in [4.78, 5) is 1.04. The van der Waals surface area contributed by atoms with Crippen molar-refractivity contribution >= 4 is 27.3 Å². The highest BCUT2D eigenvalue weighted by Crippen LogP contribution is 2.29. The van der Waals surface area contributed by atoms with Gasteiger partial charge in [-0.05, 0) is 52.2 Å². The van der Waals surface area contributed by atoms with Crippen molar-refractivity contribution in [2.75, 3.05) is 0 Å². The van der Waals surface area contributed by atoms with Gasteiger partial charge in [-0.25, -0.2) is 0 Å². The molecule has 108 valence electrons. The van der Waals surface area contributed by atoms with Crippen molar-refractivity contribution in [1.29, 1.82) is 0 Å². The molecule has 0 fully saturated rings. The topological polar surface area (TPSA) is 20.2 Å². The first-order valence-corrected chi connectivity index (χ1v) is 7.54. The van der Waals surface area contributed by atoms with Crippen molar-refractivity contribution in [2.24, 2.45) is 0 Å². The average molecular weight is 365 g/mol. The number of benzene rings is 1. The minimum atomic E-state index is -4.32. The van der Waals surface area contributed by atoms with Crippen LogP contribution in [-0.2, 0) is 19.0 Å². The molecule has 0 radical (unpaired) electrons. The molecule has 1 aromatic carbocycles. The molecule has 20 heavy (non-hydrogen) atoms. The summed E-state index contributed by atoms with van der Waals surface area (Å²) in [7, 11) is 0. The number of hydrogen-bond donors (Lipinski definition) is 1. The van der Waals surface area contributed by atoms with E-state index >= 15 is 0 Å². The molecule has 1 aromatic heterocycles. The maximum Gasteiger partial charge on any atom is 0.416 e. The van der Waals surface area contributed by atoms with Crippen molar-refractivity contribution in [1.82, 2.24) is 0 Å². The van der Waals surface area contributed by atoms with Crippen LogP contribution >= 0.6 is 27.3 Å². The largest absolute Gasteiger partial charge is 0.416 e. The summed E-state index contributed by atoms with van der Waals surface area (Å²) in [6, 6.07) is 8.75. The van der Waals surface area contributed by atoms with Crippen molar-refractivity contribution < 1.29 is 18.3 Å². The van der Waals surface area contributed by atoms with Gasteiger partial charge in [0.1, 0.15) is 0 Å². The molecule has 2 aromatic rings. The molecule has 0 aliphatic heterocycles. The Labute approximate surface area is 127 Å². The van der Waals surface area contributed by atoms with E-state index in [1.54, 1.807) is 11.3 Å². The number of alkyl halides is 3. The van der Waals surface area contributed by atoms with E-state index in [9.17, 15) is 18.3 Å².